The van der Waals surface area contributed by atoms with Gasteiger partial charge in [0.1, 0.15) is 11.4 Å². The maximum atomic E-state index is 11.2. The second-order valence-electron chi connectivity index (χ2n) is 4.92. The van der Waals surface area contributed by atoms with Gasteiger partial charge in [-0.25, -0.2) is 0 Å². The van der Waals surface area contributed by atoms with Crippen LogP contribution in [-0.4, -0.2) is 37.2 Å². The van der Waals surface area contributed by atoms with Crippen molar-refractivity contribution in [3.05, 3.63) is 28.3 Å². The third-order valence-corrected chi connectivity index (χ3v) is 3.45. The van der Waals surface area contributed by atoms with Crippen molar-refractivity contribution in [3.8, 4) is 5.75 Å². The normalized spacial score (nSPS) is 23.2. The molecule has 19 heavy (non-hydrogen) atoms. The van der Waals surface area contributed by atoms with E-state index in [4.69, 9.17) is 4.74 Å². The van der Waals surface area contributed by atoms with Crippen LogP contribution in [0.25, 0.3) is 0 Å². The van der Waals surface area contributed by atoms with Gasteiger partial charge in [-0.3, -0.25) is 10.1 Å². The van der Waals surface area contributed by atoms with E-state index in [1.165, 1.54) is 13.2 Å². The van der Waals surface area contributed by atoms with Crippen molar-refractivity contribution < 1.29 is 9.66 Å². The molecule has 2 atom stereocenters. The summed E-state index contributed by atoms with van der Waals surface area (Å²) in [6.07, 6.45) is 0. The smallest absolute Gasteiger partial charge is 0.296 e. The van der Waals surface area contributed by atoms with E-state index in [2.05, 4.69) is 24.1 Å². The number of nitro benzene ring substituents is 1. The maximum absolute atomic E-state index is 11.2. The predicted octanol–water partition coefficient (Wildman–Crippen LogP) is 1.79. The van der Waals surface area contributed by atoms with Crippen molar-refractivity contribution in [1.29, 1.82) is 0 Å². The number of piperazine rings is 1. The number of hydrogen-bond acceptors (Lipinski definition) is 5. The number of benzene rings is 1. The molecule has 1 N–H and O–H groups in total. The Balaban J connectivity index is 2.40. The van der Waals surface area contributed by atoms with Crippen LogP contribution in [0.15, 0.2) is 18.2 Å². The Morgan fingerprint density at radius 1 is 1.47 bits per heavy atom. The summed E-state index contributed by atoms with van der Waals surface area (Å²) >= 11 is 0. The molecule has 6 nitrogen and oxygen atoms in total. The van der Waals surface area contributed by atoms with Gasteiger partial charge >= 0.3 is 0 Å². The monoisotopic (exact) mass is 265 g/mol. The Morgan fingerprint density at radius 2 is 2.21 bits per heavy atom. The molecule has 1 heterocycles. The number of nitrogens with zero attached hydrogens (tertiary/aromatic N) is 2. The Bertz CT molecular complexity index is 478. The van der Waals surface area contributed by atoms with E-state index in [9.17, 15) is 10.1 Å². The van der Waals surface area contributed by atoms with Crippen LogP contribution >= 0.6 is 0 Å². The third kappa shape index (κ3) is 2.78. The van der Waals surface area contributed by atoms with Gasteiger partial charge in [0.05, 0.1) is 18.1 Å². The molecule has 0 radical (unpaired) electrons. The van der Waals surface area contributed by atoms with Gasteiger partial charge in [0.2, 0.25) is 0 Å². The van der Waals surface area contributed by atoms with E-state index >= 15 is 0 Å². The SMILES string of the molecule is COc1ccc(N2CC(C)NCC2C)c([N+](=O)[O-])c1. The lowest BCUT2D eigenvalue weighted by Crippen LogP contribution is -2.54. The molecule has 1 aromatic rings. The van der Waals surface area contributed by atoms with Gasteiger partial charge < -0.3 is 15.0 Å². The van der Waals surface area contributed by atoms with Gasteiger partial charge in [-0.15, -0.1) is 0 Å². The van der Waals surface area contributed by atoms with Crippen LogP contribution in [0.5, 0.6) is 5.75 Å². The molecule has 0 bridgehead atoms. The highest BCUT2D eigenvalue weighted by Crippen LogP contribution is 2.33. The summed E-state index contributed by atoms with van der Waals surface area (Å²) in [5.74, 6) is 0.506. The molecule has 2 rings (SSSR count). The van der Waals surface area contributed by atoms with Crippen LogP contribution in [0, 0.1) is 10.1 Å². The summed E-state index contributed by atoms with van der Waals surface area (Å²) in [5, 5.41) is 14.6. The highest BCUT2D eigenvalue weighted by Gasteiger charge is 2.28. The average Bonchev–Trinajstić information content (AvgIpc) is 2.40. The Labute approximate surface area is 112 Å². The van der Waals surface area contributed by atoms with Crippen molar-refractivity contribution in [2.24, 2.45) is 0 Å². The highest BCUT2D eigenvalue weighted by molar-refractivity contribution is 5.66. The first-order valence-electron chi connectivity index (χ1n) is 6.35. The zero-order chi connectivity index (χ0) is 14.0. The quantitative estimate of drug-likeness (QED) is 0.666. The summed E-state index contributed by atoms with van der Waals surface area (Å²) in [4.78, 5) is 13.0. The molecule has 0 aromatic heterocycles. The van der Waals surface area contributed by atoms with Crippen LogP contribution < -0.4 is 15.0 Å². The second kappa shape index (κ2) is 5.44. The van der Waals surface area contributed by atoms with Gasteiger partial charge in [-0.05, 0) is 26.0 Å². The van der Waals surface area contributed by atoms with E-state index in [1.54, 1.807) is 12.1 Å². The molecule has 1 fully saturated rings. The summed E-state index contributed by atoms with van der Waals surface area (Å²) in [5.41, 5.74) is 0.756. The minimum Gasteiger partial charge on any atom is -0.496 e. The van der Waals surface area contributed by atoms with Crippen molar-refractivity contribution in [1.82, 2.24) is 5.32 Å². The van der Waals surface area contributed by atoms with E-state index < -0.39 is 0 Å². The van der Waals surface area contributed by atoms with Crippen LogP contribution in [0.2, 0.25) is 0 Å². The van der Waals surface area contributed by atoms with Crippen molar-refractivity contribution in [2.75, 3.05) is 25.1 Å². The van der Waals surface area contributed by atoms with Crippen LogP contribution in [0.4, 0.5) is 11.4 Å². The number of ether oxygens (including phenoxy) is 1. The fraction of sp³-hybridized carbons (Fsp3) is 0.538. The first-order chi connectivity index (χ1) is 9.02. The number of nitrogens with one attached hydrogen (secondary N) is 1. The molecule has 1 aromatic carbocycles. The fourth-order valence-electron chi connectivity index (χ4n) is 2.38. The van der Waals surface area contributed by atoms with Crippen LogP contribution in [0.3, 0.4) is 0 Å². The first kappa shape index (κ1) is 13.6. The van der Waals surface area contributed by atoms with Gasteiger partial charge in [-0.1, -0.05) is 0 Å². The zero-order valence-corrected chi connectivity index (χ0v) is 11.4. The molecule has 0 saturated carbocycles. The van der Waals surface area contributed by atoms with E-state index in [0.29, 0.717) is 17.5 Å². The van der Waals surface area contributed by atoms with E-state index in [0.717, 1.165) is 13.1 Å². The molecular formula is C13H19N3O3. The number of methoxy groups -OCH3 is 1. The molecule has 104 valence electrons. The van der Waals surface area contributed by atoms with Gasteiger partial charge in [0, 0.05) is 25.2 Å². The maximum Gasteiger partial charge on any atom is 0.296 e. The van der Waals surface area contributed by atoms with Crippen molar-refractivity contribution >= 4 is 11.4 Å². The molecular weight excluding hydrogens is 246 g/mol. The second-order valence-corrected chi connectivity index (χ2v) is 4.92. The minimum absolute atomic E-state index is 0.0975. The standard InChI is InChI=1S/C13H19N3O3/c1-9-8-15(10(2)7-14-9)12-5-4-11(19-3)6-13(12)16(17)18/h4-6,9-10,14H,7-8H2,1-3H3. The van der Waals surface area contributed by atoms with Gasteiger partial charge in [-0.2, -0.15) is 0 Å². The number of anilines is 1. The van der Waals surface area contributed by atoms with E-state index in [1.807, 2.05) is 0 Å². The van der Waals surface area contributed by atoms with Crippen molar-refractivity contribution in [2.45, 2.75) is 25.9 Å². The zero-order valence-electron chi connectivity index (χ0n) is 11.4. The Morgan fingerprint density at radius 3 is 2.84 bits per heavy atom. The molecule has 0 spiro atoms. The molecule has 1 saturated heterocycles. The summed E-state index contributed by atoms with van der Waals surface area (Å²) in [6.45, 7) is 5.72. The molecule has 0 amide bonds. The minimum atomic E-state index is -0.350. The molecule has 1 aliphatic rings. The number of rotatable bonds is 3. The largest absolute Gasteiger partial charge is 0.496 e. The summed E-state index contributed by atoms with van der Waals surface area (Å²) in [7, 11) is 1.51. The Kier molecular flexibility index (Phi) is 3.90. The lowest BCUT2D eigenvalue weighted by molar-refractivity contribution is -0.384. The summed E-state index contributed by atoms with van der Waals surface area (Å²) in [6, 6.07) is 5.56. The summed E-state index contributed by atoms with van der Waals surface area (Å²) < 4.78 is 5.06. The lowest BCUT2D eigenvalue weighted by Gasteiger charge is -2.38. The average molecular weight is 265 g/mol. The number of hydrogen-bond donors (Lipinski definition) is 1. The fourth-order valence-corrected chi connectivity index (χ4v) is 2.38. The third-order valence-electron chi connectivity index (χ3n) is 3.45. The van der Waals surface area contributed by atoms with E-state index in [-0.39, 0.29) is 16.7 Å². The van der Waals surface area contributed by atoms with Crippen LogP contribution in [0.1, 0.15) is 13.8 Å². The number of nitro groups is 1. The predicted molar refractivity (Wildman–Crippen MR) is 73.9 cm³/mol. The van der Waals surface area contributed by atoms with Crippen molar-refractivity contribution in [3.63, 3.8) is 0 Å². The topological polar surface area (TPSA) is 67.6 Å². The molecule has 6 heteroatoms. The molecule has 2 unspecified atom stereocenters. The molecule has 1 aliphatic heterocycles. The van der Waals surface area contributed by atoms with Crippen LogP contribution in [-0.2, 0) is 0 Å². The first-order valence-corrected chi connectivity index (χ1v) is 6.35. The highest BCUT2D eigenvalue weighted by atomic mass is 16.6. The van der Waals surface area contributed by atoms with Gasteiger partial charge in [0.25, 0.3) is 5.69 Å². The molecule has 0 aliphatic carbocycles. The lowest BCUT2D eigenvalue weighted by atomic mass is 10.1. The Hall–Kier alpha value is -1.82. The van der Waals surface area contributed by atoms with Gasteiger partial charge in [0.15, 0.2) is 0 Å².